The van der Waals surface area contributed by atoms with Crippen molar-refractivity contribution in [1.29, 1.82) is 0 Å². The number of Topliss-reactive ketones (excluding diaryl/α,β-unsaturated/α-hetero) is 1. The van der Waals surface area contributed by atoms with Gasteiger partial charge in [0, 0.05) is 31.5 Å². The molecule has 2 heterocycles. The number of ether oxygens (including phenoxy) is 1. The largest absolute Gasteiger partial charge is 0.503 e. The number of nitrogens with one attached hydrogen (secondary N) is 1. The number of carbonyl (C=O) groups excluding carboxylic acids is 2. The number of unbranched alkanes of at least 4 members (excludes halogenated alkanes) is 1. The van der Waals surface area contributed by atoms with Crippen LogP contribution >= 0.6 is 0 Å². The molecule has 9 heteroatoms. The van der Waals surface area contributed by atoms with Crippen LogP contribution in [-0.2, 0) is 17.8 Å². The van der Waals surface area contributed by atoms with E-state index in [1.807, 2.05) is 6.92 Å². The number of pyridine rings is 1. The van der Waals surface area contributed by atoms with Crippen LogP contribution in [0.25, 0.3) is 0 Å². The molecule has 0 radical (unpaired) electrons. The maximum atomic E-state index is 13.8. The Balaban J connectivity index is 1.93. The van der Waals surface area contributed by atoms with Crippen LogP contribution in [0.2, 0.25) is 0 Å². The van der Waals surface area contributed by atoms with Crippen molar-refractivity contribution in [1.82, 2.24) is 9.88 Å². The first-order valence-corrected chi connectivity index (χ1v) is 10.4. The lowest BCUT2D eigenvalue weighted by molar-refractivity contribution is -0.0190. The Hall–Kier alpha value is -3.07. The molecular weight excluding hydrogens is 422 g/mol. The molecule has 1 aromatic heterocycles. The van der Waals surface area contributed by atoms with Gasteiger partial charge in [-0.05, 0) is 19.4 Å². The predicted octanol–water partition coefficient (Wildman–Crippen LogP) is 3.17. The summed E-state index contributed by atoms with van der Waals surface area (Å²) in [6.45, 7) is 3.63. The number of methoxy groups -OCH3 is 1. The second-order valence-electron chi connectivity index (χ2n) is 8.21. The lowest BCUT2D eigenvalue weighted by atomic mass is 9.72. The van der Waals surface area contributed by atoms with E-state index in [4.69, 9.17) is 4.74 Å². The molecule has 2 N–H and O–H groups in total. The molecule has 0 bridgehead atoms. The van der Waals surface area contributed by atoms with Gasteiger partial charge in [0.05, 0.1) is 18.1 Å². The first-order chi connectivity index (χ1) is 15.1. The van der Waals surface area contributed by atoms with Crippen molar-refractivity contribution < 1.29 is 28.2 Å². The zero-order chi connectivity index (χ0) is 23.6. The Bertz CT molecular complexity index is 1110. The fraction of sp³-hybridized carbons (Fsp3) is 0.435. The Morgan fingerprint density at radius 2 is 2.06 bits per heavy atom. The maximum absolute atomic E-state index is 13.8. The molecule has 172 valence electrons. The Morgan fingerprint density at radius 3 is 2.69 bits per heavy atom. The molecule has 1 aromatic carbocycles. The van der Waals surface area contributed by atoms with Crippen molar-refractivity contribution in [2.24, 2.45) is 5.41 Å². The summed E-state index contributed by atoms with van der Waals surface area (Å²) in [5.74, 6) is -3.66. The number of aromatic nitrogens is 1. The Morgan fingerprint density at radius 1 is 1.34 bits per heavy atom. The van der Waals surface area contributed by atoms with Crippen LogP contribution in [0.1, 0.15) is 59.5 Å². The number of fused-ring (bicyclic) bond motifs is 1. The topological polar surface area (TPSA) is 97.6 Å². The molecule has 2 aromatic rings. The third-order valence-electron chi connectivity index (χ3n) is 6.10. The van der Waals surface area contributed by atoms with Gasteiger partial charge in [-0.3, -0.25) is 14.4 Å². The third-order valence-corrected chi connectivity index (χ3v) is 6.10. The third kappa shape index (κ3) is 4.17. The summed E-state index contributed by atoms with van der Waals surface area (Å²) in [6.07, 6.45) is 2.86. The standard InChI is InChI=1S/C23H26F2N2O5/c1-4-5-8-23(2)17(32-3)12-27-11-15(19(28)20(29)18(27)21(23)30)22(31)26-10-13-6-7-14(24)9-16(13)25/h6-7,9,11,17,29H,4-5,8,10,12H2,1-3H3,(H,26,31)/t17-,23+/m0/s1. The number of halogens is 2. The molecule has 0 saturated heterocycles. The van der Waals surface area contributed by atoms with Gasteiger partial charge in [0.2, 0.25) is 5.43 Å². The molecule has 0 aliphatic carbocycles. The molecule has 1 amide bonds. The van der Waals surface area contributed by atoms with E-state index in [0.717, 1.165) is 18.9 Å². The highest BCUT2D eigenvalue weighted by Crippen LogP contribution is 2.40. The molecule has 0 fully saturated rings. The number of ketones is 1. The van der Waals surface area contributed by atoms with Gasteiger partial charge < -0.3 is 19.7 Å². The lowest BCUT2D eigenvalue weighted by Crippen LogP contribution is -2.49. The second-order valence-corrected chi connectivity index (χ2v) is 8.21. The van der Waals surface area contributed by atoms with Crippen LogP contribution in [0.5, 0.6) is 5.75 Å². The zero-order valence-corrected chi connectivity index (χ0v) is 18.2. The van der Waals surface area contributed by atoms with E-state index in [-0.39, 0.29) is 24.3 Å². The molecule has 0 unspecified atom stereocenters. The van der Waals surface area contributed by atoms with Gasteiger partial charge in [0.1, 0.15) is 22.9 Å². The molecule has 0 saturated carbocycles. The van der Waals surface area contributed by atoms with Crippen molar-refractivity contribution in [2.45, 2.75) is 52.3 Å². The van der Waals surface area contributed by atoms with Gasteiger partial charge in [0.15, 0.2) is 11.5 Å². The second kappa shape index (κ2) is 9.20. The average molecular weight is 448 g/mol. The zero-order valence-electron chi connectivity index (χ0n) is 18.2. The van der Waals surface area contributed by atoms with Crippen molar-refractivity contribution >= 4 is 11.7 Å². The summed E-state index contributed by atoms with van der Waals surface area (Å²) in [4.78, 5) is 38.6. The summed E-state index contributed by atoms with van der Waals surface area (Å²) in [7, 11) is 1.49. The molecule has 3 rings (SSSR count). The first kappa shape index (κ1) is 23.6. The van der Waals surface area contributed by atoms with E-state index in [1.54, 1.807) is 6.92 Å². The minimum atomic E-state index is -0.990. The monoisotopic (exact) mass is 448 g/mol. The fourth-order valence-electron chi connectivity index (χ4n) is 4.08. The summed E-state index contributed by atoms with van der Waals surface area (Å²) < 4.78 is 33.8. The van der Waals surface area contributed by atoms with Crippen LogP contribution < -0.4 is 10.7 Å². The molecule has 2 atom stereocenters. The maximum Gasteiger partial charge on any atom is 0.257 e. The van der Waals surface area contributed by atoms with Gasteiger partial charge in [-0.2, -0.15) is 0 Å². The summed E-state index contributed by atoms with van der Waals surface area (Å²) in [6, 6.07) is 2.92. The number of rotatable bonds is 7. The van der Waals surface area contributed by atoms with Gasteiger partial charge in [-0.25, -0.2) is 8.78 Å². The van der Waals surface area contributed by atoms with E-state index >= 15 is 0 Å². The van der Waals surface area contributed by atoms with E-state index in [0.29, 0.717) is 12.5 Å². The summed E-state index contributed by atoms with van der Waals surface area (Å²) in [5, 5.41) is 12.9. The van der Waals surface area contributed by atoms with Crippen molar-refractivity contribution in [2.75, 3.05) is 7.11 Å². The van der Waals surface area contributed by atoms with Crippen molar-refractivity contribution in [3.63, 3.8) is 0 Å². The number of nitrogens with zero attached hydrogens (tertiary/aromatic N) is 1. The van der Waals surface area contributed by atoms with Crippen LogP contribution in [0.4, 0.5) is 8.78 Å². The highest BCUT2D eigenvalue weighted by atomic mass is 19.1. The van der Waals surface area contributed by atoms with Gasteiger partial charge in [-0.15, -0.1) is 0 Å². The van der Waals surface area contributed by atoms with Gasteiger partial charge in [0.25, 0.3) is 5.91 Å². The lowest BCUT2D eigenvalue weighted by Gasteiger charge is -2.41. The normalized spacial score (nSPS) is 20.2. The van der Waals surface area contributed by atoms with Gasteiger partial charge in [-0.1, -0.05) is 25.8 Å². The van der Waals surface area contributed by atoms with Crippen LogP contribution in [0, 0.1) is 17.0 Å². The Labute approximate surface area is 184 Å². The van der Waals surface area contributed by atoms with E-state index in [9.17, 15) is 28.3 Å². The first-order valence-electron chi connectivity index (χ1n) is 10.4. The Kier molecular flexibility index (Phi) is 6.78. The highest BCUT2D eigenvalue weighted by molar-refractivity contribution is 6.03. The fourth-order valence-corrected chi connectivity index (χ4v) is 4.08. The highest BCUT2D eigenvalue weighted by Gasteiger charge is 2.47. The van der Waals surface area contributed by atoms with Gasteiger partial charge >= 0.3 is 0 Å². The van der Waals surface area contributed by atoms with Crippen molar-refractivity contribution in [3.05, 3.63) is 63.1 Å². The molecule has 7 nitrogen and oxygen atoms in total. The van der Waals surface area contributed by atoms with Crippen LogP contribution in [-0.4, -0.2) is 34.6 Å². The molecule has 1 aliphatic heterocycles. The number of benzene rings is 1. The number of hydrogen-bond donors (Lipinski definition) is 2. The smallest absolute Gasteiger partial charge is 0.257 e. The van der Waals surface area contributed by atoms with Crippen LogP contribution in [0.15, 0.2) is 29.2 Å². The molecule has 32 heavy (non-hydrogen) atoms. The number of amides is 1. The minimum absolute atomic E-state index is 0.0309. The van der Waals surface area contributed by atoms with Crippen molar-refractivity contribution in [3.8, 4) is 5.75 Å². The SMILES string of the molecule is CCCC[C@@]1(C)C(=O)c2c(O)c(=O)c(C(=O)NCc3ccc(F)cc3F)cn2C[C@@H]1OC. The summed E-state index contributed by atoms with van der Waals surface area (Å²) in [5.41, 5.74) is -2.42. The van der Waals surface area contributed by atoms with E-state index in [2.05, 4.69) is 5.32 Å². The molecule has 1 aliphatic rings. The number of aromatic hydroxyl groups is 1. The van der Waals surface area contributed by atoms with E-state index in [1.165, 1.54) is 23.9 Å². The predicted molar refractivity (Wildman–Crippen MR) is 113 cm³/mol. The quantitative estimate of drug-likeness (QED) is 0.678. The summed E-state index contributed by atoms with van der Waals surface area (Å²) >= 11 is 0. The minimum Gasteiger partial charge on any atom is -0.503 e. The van der Waals surface area contributed by atoms with E-state index < -0.39 is 51.6 Å². The van der Waals surface area contributed by atoms with Crippen LogP contribution in [0.3, 0.4) is 0 Å². The average Bonchev–Trinajstić information content (AvgIpc) is 2.76. The number of hydrogen-bond acceptors (Lipinski definition) is 5. The number of carbonyl (C=O) groups is 2. The molecular formula is C23H26F2N2O5. The molecule has 0 spiro atoms.